The zero-order valence-electron chi connectivity index (χ0n) is 17.4. The van der Waals surface area contributed by atoms with E-state index in [9.17, 15) is 4.79 Å². The smallest absolute Gasteiger partial charge is 0.243 e. The van der Waals surface area contributed by atoms with Crippen LogP contribution in [0.4, 0.5) is 11.5 Å². The summed E-state index contributed by atoms with van der Waals surface area (Å²) in [6.45, 7) is 2.75. The highest BCUT2D eigenvalue weighted by atomic mass is 16.5. The van der Waals surface area contributed by atoms with Gasteiger partial charge in [0.1, 0.15) is 36.2 Å². The Kier molecular flexibility index (Phi) is 5.07. The first-order chi connectivity index (χ1) is 15.2. The van der Waals surface area contributed by atoms with Crippen LogP contribution in [-0.2, 0) is 23.1 Å². The molecule has 0 aromatic carbocycles. The van der Waals surface area contributed by atoms with Gasteiger partial charge in [-0.3, -0.25) is 9.79 Å². The molecule has 0 fully saturated rings. The van der Waals surface area contributed by atoms with Crippen molar-refractivity contribution in [3.63, 3.8) is 0 Å². The van der Waals surface area contributed by atoms with E-state index in [-0.39, 0.29) is 12.2 Å². The van der Waals surface area contributed by atoms with Crippen LogP contribution in [0.3, 0.4) is 0 Å². The van der Waals surface area contributed by atoms with Gasteiger partial charge < -0.3 is 10.1 Å². The number of carbonyl (C=O) groups excluding carboxylic acids is 1. The second-order valence-electron chi connectivity index (χ2n) is 7.61. The number of hydrogen-bond donors (Lipinski definition) is 1. The molecular weight excluding hydrogens is 394 g/mol. The van der Waals surface area contributed by atoms with Crippen LogP contribution in [0.1, 0.15) is 12.8 Å². The molecule has 1 aliphatic heterocycles. The molecule has 0 saturated heterocycles. The minimum absolute atomic E-state index is 0.0605. The molecule has 0 saturated carbocycles. The van der Waals surface area contributed by atoms with Crippen LogP contribution in [0.5, 0.6) is 0 Å². The number of pyridine rings is 1. The molecule has 3 aromatic rings. The maximum atomic E-state index is 12.7. The van der Waals surface area contributed by atoms with E-state index in [2.05, 4.69) is 32.5 Å². The Morgan fingerprint density at radius 2 is 2.26 bits per heavy atom. The number of nitrogens with zero attached hydrogens (tertiary/aromatic N) is 6. The molecule has 0 bridgehead atoms. The number of allylic oxidation sites excluding steroid dienone is 2. The summed E-state index contributed by atoms with van der Waals surface area (Å²) in [6, 6.07) is 5.80. The lowest BCUT2D eigenvalue weighted by atomic mass is 10.00. The van der Waals surface area contributed by atoms with Crippen LogP contribution < -0.4 is 9.88 Å². The average Bonchev–Trinajstić information content (AvgIpc) is 3.35. The van der Waals surface area contributed by atoms with Crippen LogP contribution >= 0.6 is 0 Å². The maximum absolute atomic E-state index is 12.7. The quantitative estimate of drug-likeness (QED) is 0.489. The lowest BCUT2D eigenvalue weighted by molar-refractivity contribution is -0.671. The molecule has 31 heavy (non-hydrogen) atoms. The summed E-state index contributed by atoms with van der Waals surface area (Å²) in [5, 5.41) is 8.03. The van der Waals surface area contributed by atoms with Crippen molar-refractivity contribution < 1.29 is 14.1 Å². The number of ketones is 1. The molecule has 4 heterocycles. The molecular formula is C22H24N7O2+. The first-order valence-electron chi connectivity index (χ1n) is 10.4. The Morgan fingerprint density at radius 1 is 1.32 bits per heavy atom. The Balaban J connectivity index is 1.41. The number of anilines is 1. The number of ether oxygens (including phenoxy) is 1. The number of rotatable bonds is 6. The normalized spacial score (nSPS) is 17.3. The highest BCUT2D eigenvalue weighted by Gasteiger charge is 2.26. The zero-order valence-corrected chi connectivity index (χ0v) is 17.4. The second kappa shape index (κ2) is 8.17. The number of Topliss-reactive ketones (excluding diaryl/α,β-unsaturated/α-hetero) is 1. The number of carbonyl (C=O) groups is 1. The maximum Gasteiger partial charge on any atom is 0.243 e. The zero-order chi connectivity index (χ0) is 21.2. The molecule has 0 amide bonds. The first kappa shape index (κ1) is 19.2. The minimum atomic E-state index is -0.0605. The Bertz CT molecular complexity index is 1230. The van der Waals surface area contributed by atoms with Gasteiger partial charge in [0, 0.05) is 25.2 Å². The van der Waals surface area contributed by atoms with Gasteiger partial charge in [0.15, 0.2) is 11.6 Å². The summed E-state index contributed by atoms with van der Waals surface area (Å²) < 4.78 is 11.6. The van der Waals surface area contributed by atoms with Crippen molar-refractivity contribution in [2.45, 2.75) is 19.4 Å². The van der Waals surface area contributed by atoms with E-state index in [0.717, 1.165) is 25.0 Å². The molecule has 1 aliphatic carbocycles. The van der Waals surface area contributed by atoms with Crippen LogP contribution in [0.25, 0.3) is 5.52 Å². The van der Waals surface area contributed by atoms with Crippen LogP contribution in [-0.4, -0.2) is 51.1 Å². The predicted octanol–water partition coefficient (Wildman–Crippen LogP) is 1.86. The summed E-state index contributed by atoms with van der Waals surface area (Å²) >= 11 is 0. The topological polar surface area (TPSA) is 89.2 Å². The third-order valence-electron chi connectivity index (χ3n) is 5.27. The predicted molar refractivity (Wildman–Crippen MR) is 117 cm³/mol. The first-order valence-corrected chi connectivity index (χ1v) is 10.4. The monoisotopic (exact) mass is 418 g/mol. The van der Waals surface area contributed by atoms with Crippen molar-refractivity contribution in [3.8, 4) is 0 Å². The Labute approximate surface area is 179 Å². The van der Waals surface area contributed by atoms with E-state index in [0.29, 0.717) is 41.8 Å². The van der Waals surface area contributed by atoms with E-state index < -0.39 is 0 Å². The minimum Gasteiger partial charge on any atom is -0.490 e. The molecule has 3 aromatic heterocycles. The lowest BCUT2D eigenvalue weighted by Crippen LogP contribution is -2.28. The van der Waals surface area contributed by atoms with E-state index >= 15 is 0 Å². The number of fused-ring (bicyclic) bond motifs is 2. The molecule has 1 N–H and O–H groups in total. The highest BCUT2D eigenvalue weighted by Crippen LogP contribution is 2.31. The number of aromatic nitrogens is 4. The average molecular weight is 418 g/mol. The fourth-order valence-corrected chi connectivity index (χ4v) is 3.75. The van der Waals surface area contributed by atoms with Gasteiger partial charge in [-0.2, -0.15) is 0 Å². The van der Waals surface area contributed by atoms with Gasteiger partial charge in [-0.05, 0) is 12.1 Å². The van der Waals surface area contributed by atoms with Crippen molar-refractivity contribution in [3.05, 3.63) is 55.0 Å². The molecule has 0 spiro atoms. The second-order valence-corrected chi connectivity index (χ2v) is 7.61. The number of aliphatic imine (C=N–C) groups is 2. The standard InChI is InChI=1S/C22H24N7O2/c1-27-10-11-28(15-27)8-4-6-24-22-21(18-5-2-3-9-29(18)26-22)25-16-14-20-17(13-19(16)30)23-7-12-31-20/h2-3,5,9-11,14-15H,4,6-8,12-13H2,1H3,(H,24,26)/q+1. The van der Waals surface area contributed by atoms with E-state index in [1.165, 1.54) is 0 Å². The SMILES string of the molecule is C[n+]1ccn(CCCNc2nn3ccccc3c2N=C2C=C3OCCN=C3CC2=O)c1. The molecule has 5 rings (SSSR count). The van der Waals surface area contributed by atoms with Crippen LogP contribution in [0.15, 0.2) is 64.9 Å². The fraction of sp³-hybridized carbons (Fsp3) is 0.318. The summed E-state index contributed by atoms with van der Waals surface area (Å²) in [4.78, 5) is 21.8. The third-order valence-corrected chi connectivity index (χ3v) is 5.27. The van der Waals surface area contributed by atoms with E-state index in [1.807, 2.05) is 42.2 Å². The lowest BCUT2D eigenvalue weighted by Gasteiger charge is -2.20. The van der Waals surface area contributed by atoms with Gasteiger partial charge in [-0.1, -0.05) is 6.07 Å². The molecule has 0 unspecified atom stereocenters. The van der Waals surface area contributed by atoms with Gasteiger partial charge in [0.2, 0.25) is 6.33 Å². The third kappa shape index (κ3) is 3.98. The number of hydrogen-bond acceptors (Lipinski definition) is 6. The molecule has 158 valence electrons. The molecule has 9 nitrogen and oxygen atoms in total. The fourth-order valence-electron chi connectivity index (χ4n) is 3.75. The van der Waals surface area contributed by atoms with Gasteiger partial charge in [-0.15, -0.1) is 5.10 Å². The van der Waals surface area contributed by atoms with Gasteiger partial charge in [-0.25, -0.2) is 18.6 Å². The van der Waals surface area contributed by atoms with E-state index in [1.54, 1.807) is 10.6 Å². The van der Waals surface area contributed by atoms with Crippen LogP contribution in [0.2, 0.25) is 0 Å². The Hall–Kier alpha value is -3.75. The highest BCUT2D eigenvalue weighted by molar-refractivity contribution is 6.51. The summed E-state index contributed by atoms with van der Waals surface area (Å²) in [5.74, 6) is 1.25. The number of nitrogens with one attached hydrogen (secondary N) is 1. The van der Waals surface area contributed by atoms with Crippen molar-refractivity contribution in [2.24, 2.45) is 17.0 Å². The summed E-state index contributed by atoms with van der Waals surface area (Å²) in [6.07, 6.45) is 10.8. The Morgan fingerprint density at radius 3 is 3.13 bits per heavy atom. The molecule has 0 atom stereocenters. The summed E-state index contributed by atoms with van der Waals surface area (Å²) in [7, 11) is 2.01. The van der Waals surface area contributed by atoms with Crippen LogP contribution in [0, 0.1) is 0 Å². The molecule has 9 heteroatoms. The van der Waals surface area contributed by atoms with Crippen molar-refractivity contribution in [1.82, 2.24) is 14.2 Å². The van der Waals surface area contributed by atoms with Crippen molar-refractivity contribution in [2.75, 3.05) is 25.0 Å². The van der Waals surface area contributed by atoms with Gasteiger partial charge >= 0.3 is 0 Å². The molecule has 2 aliphatic rings. The number of imidazole rings is 1. The van der Waals surface area contributed by atoms with Crippen molar-refractivity contribution >= 4 is 34.2 Å². The van der Waals surface area contributed by atoms with E-state index in [4.69, 9.17) is 9.73 Å². The van der Waals surface area contributed by atoms with Crippen molar-refractivity contribution in [1.29, 1.82) is 0 Å². The summed E-state index contributed by atoms with van der Waals surface area (Å²) in [5.41, 5.74) is 2.58. The van der Waals surface area contributed by atoms with Gasteiger partial charge in [0.25, 0.3) is 0 Å². The number of aryl methyl sites for hydroxylation is 2. The molecule has 0 radical (unpaired) electrons. The largest absolute Gasteiger partial charge is 0.490 e. The van der Waals surface area contributed by atoms with Gasteiger partial charge in [0.05, 0.1) is 37.8 Å².